The van der Waals surface area contributed by atoms with E-state index in [1.165, 1.54) is 0 Å². The first-order chi connectivity index (χ1) is 8.84. The fraction of sp³-hybridized carbons (Fsp3) is 0.0714. The predicted molar refractivity (Wildman–Crippen MR) is 68.3 cm³/mol. The fourth-order valence-corrected chi connectivity index (χ4v) is 1.85. The van der Waals surface area contributed by atoms with E-state index in [1.807, 2.05) is 53.3 Å². The number of rotatable bonds is 3. The molecule has 0 aliphatic heterocycles. The molecule has 2 N–H and O–H groups in total. The zero-order valence-corrected chi connectivity index (χ0v) is 9.73. The highest BCUT2D eigenvalue weighted by Gasteiger charge is 2.13. The minimum absolute atomic E-state index is 0.256. The van der Waals surface area contributed by atoms with Gasteiger partial charge in [-0.3, -0.25) is 0 Å². The topological polar surface area (TPSA) is 57.0 Å². The number of aromatic nitrogens is 2. The summed E-state index contributed by atoms with van der Waals surface area (Å²) < 4.78 is 6.85. The second kappa shape index (κ2) is 4.50. The van der Waals surface area contributed by atoms with Crippen molar-refractivity contribution in [3.8, 4) is 5.69 Å². The summed E-state index contributed by atoms with van der Waals surface area (Å²) in [7, 11) is 0. The summed E-state index contributed by atoms with van der Waals surface area (Å²) in [6.45, 7) is 0. The molecule has 0 aliphatic carbocycles. The van der Waals surface area contributed by atoms with E-state index in [9.17, 15) is 0 Å². The van der Waals surface area contributed by atoms with E-state index in [-0.39, 0.29) is 6.04 Å². The summed E-state index contributed by atoms with van der Waals surface area (Å²) in [6.07, 6.45) is 5.17. The molecule has 1 unspecified atom stereocenters. The van der Waals surface area contributed by atoms with Gasteiger partial charge in [-0.15, -0.1) is 0 Å². The van der Waals surface area contributed by atoms with Crippen LogP contribution in [-0.2, 0) is 0 Å². The number of furan rings is 1. The van der Waals surface area contributed by atoms with Gasteiger partial charge in [0.1, 0.15) is 0 Å². The number of hydrogen-bond acceptors (Lipinski definition) is 3. The molecular weight excluding hydrogens is 226 g/mol. The maximum absolute atomic E-state index is 6.12. The third-order valence-electron chi connectivity index (χ3n) is 2.85. The van der Waals surface area contributed by atoms with Crippen molar-refractivity contribution in [3.05, 3.63) is 72.4 Å². The van der Waals surface area contributed by atoms with Crippen molar-refractivity contribution >= 4 is 0 Å². The van der Waals surface area contributed by atoms with E-state index in [0.717, 1.165) is 16.9 Å². The predicted octanol–water partition coefficient (Wildman–Crippen LogP) is 2.51. The van der Waals surface area contributed by atoms with Crippen LogP contribution in [-0.4, -0.2) is 9.78 Å². The van der Waals surface area contributed by atoms with Crippen LogP contribution in [0.15, 0.2) is 65.6 Å². The molecule has 3 rings (SSSR count). The van der Waals surface area contributed by atoms with Crippen molar-refractivity contribution in [3.63, 3.8) is 0 Å². The lowest BCUT2D eigenvalue weighted by Gasteiger charge is -2.05. The smallest absolute Gasteiger partial charge is 0.0954 e. The van der Waals surface area contributed by atoms with E-state index in [4.69, 9.17) is 10.2 Å². The van der Waals surface area contributed by atoms with Gasteiger partial charge >= 0.3 is 0 Å². The summed E-state index contributed by atoms with van der Waals surface area (Å²) in [6, 6.07) is 13.5. The SMILES string of the molecule is NC(c1ccoc1)c1ccn(-c2ccccc2)n1. The van der Waals surface area contributed by atoms with Gasteiger partial charge in [-0.05, 0) is 24.3 Å². The minimum Gasteiger partial charge on any atom is -0.472 e. The Labute approximate surface area is 105 Å². The van der Waals surface area contributed by atoms with Crippen LogP contribution < -0.4 is 5.73 Å². The summed E-state index contributed by atoms with van der Waals surface area (Å²) in [5.74, 6) is 0. The molecule has 1 atom stereocenters. The van der Waals surface area contributed by atoms with Gasteiger partial charge in [-0.25, -0.2) is 4.68 Å². The lowest BCUT2D eigenvalue weighted by atomic mass is 10.1. The molecule has 0 spiro atoms. The quantitative estimate of drug-likeness (QED) is 0.764. The van der Waals surface area contributed by atoms with E-state index in [1.54, 1.807) is 12.5 Å². The molecule has 0 aliphatic rings. The average Bonchev–Trinajstić information content (AvgIpc) is 3.10. The molecule has 0 saturated heterocycles. The molecule has 4 nitrogen and oxygen atoms in total. The van der Waals surface area contributed by atoms with Crippen LogP contribution in [0.3, 0.4) is 0 Å². The number of para-hydroxylation sites is 1. The minimum atomic E-state index is -0.256. The summed E-state index contributed by atoms with van der Waals surface area (Å²) in [5, 5.41) is 4.49. The Morgan fingerprint density at radius 1 is 1.11 bits per heavy atom. The molecule has 18 heavy (non-hydrogen) atoms. The summed E-state index contributed by atoms with van der Waals surface area (Å²) in [5.41, 5.74) is 8.88. The maximum atomic E-state index is 6.12. The standard InChI is InChI=1S/C14H13N3O/c15-14(11-7-9-18-10-11)13-6-8-17(16-13)12-4-2-1-3-5-12/h1-10,14H,15H2. The first-order valence-electron chi connectivity index (χ1n) is 5.73. The van der Waals surface area contributed by atoms with Gasteiger partial charge in [0.15, 0.2) is 0 Å². The number of nitrogens with zero attached hydrogens (tertiary/aromatic N) is 2. The fourth-order valence-electron chi connectivity index (χ4n) is 1.85. The largest absolute Gasteiger partial charge is 0.472 e. The van der Waals surface area contributed by atoms with Crippen molar-refractivity contribution in [2.24, 2.45) is 5.73 Å². The molecule has 0 radical (unpaired) electrons. The monoisotopic (exact) mass is 239 g/mol. The van der Waals surface area contributed by atoms with Crippen molar-refractivity contribution in [2.45, 2.75) is 6.04 Å². The van der Waals surface area contributed by atoms with Crippen molar-refractivity contribution in [2.75, 3.05) is 0 Å². The molecule has 0 bridgehead atoms. The third-order valence-corrected chi connectivity index (χ3v) is 2.85. The highest BCUT2D eigenvalue weighted by Crippen LogP contribution is 2.19. The highest BCUT2D eigenvalue weighted by atomic mass is 16.3. The normalized spacial score (nSPS) is 12.5. The lowest BCUT2D eigenvalue weighted by Crippen LogP contribution is -2.12. The van der Waals surface area contributed by atoms with Crippen LogP contribution in [0.5, 0.6) is 0 Å². The van der Waals surface area contributed by atoms with Crippen LogP contribution in [0.1, 0.15) is 17.3 Å². The maximum Gasteiger partial charge on any atom is 0.0954 e. The van der Waals surface area contributed by atoms with Crippen LogP contribution >= 0.6 is 0 Å². The second-order valence-corrected chi connectivity index (χ2v) is 4.06. The molecule has 90 valence electrons. The third kappa shape index (κ3) is 1.94. The van der Waals surface area contributed by atoms with E-state index < -0.39 is 0 Å². The second-order valence-electron chi connectivity index (χ2n) is 4.06. The Morgan fingerprint density at radius 3 is 2.67 bits per heavy atom. The van der Waals surface area contributed by atoms with Gasteiger partial charge in [0.05, 0.1) is 29.9 Å². The Hall–Kier alpha value is -2.33. The summed E-state index contributed by atoms with van der Waals surface area (Å²) in [4.78, 5) is 0. The zero-order valence-electron chi connectivity index (χ0n) is 9.73. The van der Waals surface area contributed by atoms with Crippen LogP contribution in [0.2, 0.25) is 0 Å². The Kier molecular flexibility index (Phi) is 2.70. The van der Waals surface area contributed by atoms with Gasteiger partial charge in [-0.1, -0.05) is 18.2 Å². The van der Waals surface area contributed by atoms with Gasteiger partial charge in [0.25, 0.3) is 0 Å². The van der Waals surface area contributed by atoms with Gasteiger partial charge in [-0.2, -0.15) is 5.10 Å². The molecule has 2 heterocycles. The van der Waals surface area contributed by atoms with E-state index in [0.29, 0.717) is 0 Å². The molecule has 1 aromatic carbocycles. The number of hydrogen-bond donors (Lipinski definition) is 1. The van der Waals surface area contributed by atoms with Crippen LogP contribution in [0.4, 0.5) is 0 Å². The van der Waals surface area contributed by atoms with Gasteiger partial charge in [0.2, 0.25) is 0 Å². The molecule has 4 heteroatoms. The first-order valence-corrected chi connectivity index (χ1v) is 5.73. The Morgan fingerprint density at radius 2 is 1.94 bits per heavy atom. The molecule has 3 aromatic rings. The van der Waals surface area contributed by atoms with Crippen LogP contribution in [0, 0.1) is 0 Å². The first kappa shape index (κ1) is 10.8. The van der Waals surface area contributed by atoms with E-state index in [2.05, 4.69) is 5.10 Å². The molecule has 2 aromatic heterocycles. The van der Waals surface area contributed by atoms with Gasteiger partial charge in [0, 0.05) is 11.8 Å². The van der Waals surface area contributed by atoms with Gasteiger partial charge < -0.3 is 10.2 Å². The Bertz CT molecular complexity index is 614. The molecule has 0 amide bonds. The van der Waals surface area contributed by atoms with Crippen LogP contribution in [0.25, 0.3) is 5.69 Å². The molecule has 0 fully saturated rings. The molecular formula is C14H13N3O. The molecule has 0 saturated carbocycles. The highest BCUT2D eigenvalue weighted by molar-refractivity contribution is 5.31. The number of benzene rings is 1. The van der Waals surface area contributed by atoms with Crippen molar-refractivity contribution in [1.82, 2.24) is 9.78 Å². The zero-order chi connectivity index (χ0) is 12.4. The average molecular weight is 239 g/mol. The van der Waals surface area contributed by atoms with E-state index >= 15 is 0 Å². The summed E-state index contributed by atoms with van der Waals surface area (Å²) >= 11 is 0. The van der Waals surface area contributed by atoms with Crippen molar-refractivity contribution < 1.29 is 4.42 Å². The Balaban J connectivity index is 1.90. The number of nitrogens with two attached hydrogens (primary N) is 1. The lowest BCUT2D eigenvalue weighted by molar-refractivity contribution is 0.561. The van der Waals surface area contributed by atoms with Crippen molar-refractivity contribution in [1.29, 1.82) is 0 Å².